The summed E-state index contributed by atoms with van der Waals surface area (Å²) in [6, 6.07) is 10.4. The van der Waals surface area contributed by atoms with Crippen LogP contribution in [0.15, 0.2) is 36.4 Å². The number of nitrogens with one attached hydrogen (secondary N) is 1. The second-order valence-electron chi connectivity index (χ2n) is 6.56. The number of hydrogen-bond donors (Lipinski definition) is 1. The van der Waals surface area contributed by atoms with E-state index in [0.29, 0.717) is 17.1 Å². The highest BCUT2D eigenvalue weighted by atomic mass is 16.7. The zero-order valence-electron chi connectivity index (χ0n) is 15.0. The van der Waals surface area contributed by atoms with Crippen molar-refractivity contribution in [1.82, 2.24) is 4.90 Å². The van der Waals surface area contributed by atoms with Crippen molar-refractivity contribution in [3.05, 3.63) is 57.6 Å². The minimum absolute atomic E-state index is 0.000154. The second-order valence-corrected chi connectivity index (χ2v) is 6.56. The predicted molar refractivity (Wildman–Crippen MR) is 98.4 cm³/mol. The third kappa shape index (κ3) is 3.41. The van der Waals surface area contributed by atoms with Crippen LogP contribution in [-0.2, 0) is 4.79 Å². The van der Waals surface area contributed by atoms with Crippen LogP contribution in [0.3, 0.4) is 0 Å². The van der Waals surface area contributed by atoms with Gasteiger partial charge in [0.2, 0.25) is 12.7 Å². The number of benzene rings is 2. The van der Waals surface area contributed by atoms with Crippen molar-refractivity contribution in [2.24, 2.45) is 5.92 Å². The van der Waals surface area contributed by atoms with Crippen LogP contribution in [0.25, 0.3) is 0 Å². The quantitative estimate of drug-likeness (QED) is 0.618. The number of fused-ring (bicyclic) bond motifs is 1. The van der Waals surface area contributed by atoms with Crippen molar-refractivity contribution in [2.75, 3.05) is 25.2 Å². The Hall–Kier alpha value is -4.13. The van der Waals surface area contributed by atoms with Crippen LogP contribution in [-0.4, -0.2) is 41.5 Å². The molecule has 1 fully saturated rings. The molecule has 0 unspecified atom stereocenters. The molecule has 0 spiro atoms. The SMILES string of the molecule is N#Cc1cc([N+](=O)[O-])ccc1NC(=O)C1CN(C(=O)c2ccc3c(c2)OCO3)C1. The number of amides is 2. The first-order valence-electron chi connectivity index (χ1n) is 8.64. The van der Waals surface area contributed by atoms with Crippen LogP contribution in [0, 0.1) is 27.4 Å². The van der Waals surface area contributed by atoms with E-state index >= 15 is 0 Å². The van der Waals surface area contributed by atoms with Gasteiger partial charge in [0.15, 0.2) is 11.5 Å². The number of likely N-dealkylation sites (tertiary alicyclic amines) is 1. The van der Waals surface area contributed by atoms with Gasteiger partial charge in [0.1, 0.15) is 6.07 Å². The van der Waals surface area contributed by atoms with Crippen molar-refractivity contribution in [1.29, 1.82) is 5.26 Å². The molecule has 2 heterocycles. The van der Waals surface area contributed by atoms with E-state index in [4.69, 9.17) is 14.7 Å². The van der Waals surface area contributed by atoms with E-state index in [1.165, 1.54) is 17.0 Å². The molecule has 2 aromatic rings. The normalized spacial score (nSPS) is 14.7. The lowest BCUT2D eigenvalue weighted by molar-refractivity contribution is -0.384. The number of nitro benzene ring substituents is 1. The van der Waals surface area contributed by atoms with Crippen molar-refractivity contribution in [2.45, 2.75) is 0 Å². The maximum absolute atomic E-state index is 12.5. The summed E-state index contributed by atoms with van der Waals surface area (Å²) < 4.78 is 10.5. The van der Waals surface area contributed by atoms with Crippen LogP contribution in [0.4, 0.5) is 11.4 Å². The molecule has 1 N–H and O–H groups in total. The van der Waals surface area contributed by atoms with E-state index in [9.17, 15) is 19.7 Å². The Morgan fingerprint density at radius 2 is 1.93 bits per heavy atom. The van der Waals surface area contributed by atoms with Gasteiger partial charge in [-0.2, -0.15) is 5.26 Å². The minimum atomic E-state index is -0.613. The number of nitriles is 1. The molecule has 10 heteroatoms. The predicted octanol–water partition coefficient (Wildman–Crippen LogP) is 1.91. The molecule has 0 radical (unpaired) electrons. The molecule has 10 nitrogen and oxygen atoms in total. The maximum atomic E-state index is 12.5. The van der Waals surface area contributed by atoms with E-state index in [1.807, 2.05) is 6.07 Å². The lowest BCUT2D eigenvalue weighted by Gasteiger charge is -2.38. The molecule has 0 atom stereocenters. The molecule has 0 aromatic heterocycles. The van der Waals surface area contributed by atoms with Gasteiger partial charge in [0.05, 0.1) is 22.1 Å². The molecular weight excluding hydrogens is 380 g/mol. The molecule has 4 rings (SSSR count). The highest BCUT2D eigenvalue weighted by Gasteiger charge is 2.36. The molecule has 29 heavy (non-hydrogen) atoms. The number of ether oxygens (including phenoxy) is 2. The molecule has 2 aliphatic rings. The number of anilines is 1. The number of carbonyl (C=O) groups is 2. The van der Waals surface area contributed by atoms with Gasteiger partial charge in [-0.3, -0.25) is 19.7 Å². The second kappa shape index (κ2) is 7.12. The van der Waals surface area contributed by atoms with Gasteiger partial charge >= 0.3 is 0 Å². The molecule has 0 aliphatic carbocycles. The fourth-order valence-electron chi connectivity index (χ4n) is 3.10. The molecule has 0 bridgehead atoms. The molecular formula is C19H14N4O6. The number of carbonyl (C=O) groups excluding carboxylic acids is 2. The lowest BCUT2D eigenvalue weighted by atomic mass is 9.97. The van der Waals surface area contributed by atoms with Crippen LogP contribution in [0.1, 0.15) is 15.9 Å². The summed E-state index contributed by atoms with van der Waals surface area (Å²) >= 11 is 0. The highest BCUT2D eigenvalue weighted by molar-refractivity contribution is 5.99. The molecule has 2 aromatic carbocycles. The molecule has 2 amide bonds. The topological polar surface area (TPSA) is 135 Å². The smallest absolute Gasteiger partial charge is 0.270 e. The Morgan fingerprint density at radius 3 is 2.66 bits per heavy atom. The number of nitro groups is 1. The first kappa shape index (κ1) is 18.2. The van der Waals surface area contributed by atoms with E-state index in [0.717, 1.165) is 6.07 Å². The van der Waals surface area contributed by atoms with Crippen molar-refractivity contribution < 1.29 is 24.0 Å². The lowest BCUT2D eigenvalue weighted by Crippen LogP contribution is -2.54. The minimum Gasteiger partial charge on any atom is -0.454 e. The van der Waals surface area contributed by atoms with E-state index in [-0.39, 0.29) is 48.6 Å². The summed E-state index contributed by atoms with van der Waals surface area (Å²) in [5, 5.41) is 22.6. The summed E-state index contributed by atoms with van der Waals surface area (Å²) in [5.74, 6) is 0.0758. The first-order valence-corrected chi connectivity index (χ1v) is 8.64. The molecule has 146 valence electrons. The summed E-state index contributed by atoms with van der Waals surface area (Å²) in [6.07, 6.45) is 0. The van der Waals surface area contributed by atoms with Gasteiger partial charge in [-0.15, -0.1) is 0 Å². The van der Waals surface area contributed by atoms with Gasteiger partial charge in [0, 0.05) is 30.8 Å². The molecule has 1 saturated heterocycles. The zero-order chi connectivity index (χ0) is 20.5. The largest absolute Gasteiger partial charge is 0.454 e. The summed E-state index contributed by atoms with van der Waals surface area (Å²) in [4.78, 5) is 36.7. The van der Waals surface area contributed by atoms with Crippen LogP contribution in [0.5, 0.6) is 11.5 Å². The van der Waals surface area contributed by atoms with E-state index in [1.54, 1.807) is 18.2 Å². The first-order chi connectivity index (χ1) is 14.0. The van der Waals surface area contributed by atoms with Gasteiger partial charge in [-0.05, 0) is 24.3 Å². The average molecular weight is 394 g/mol. The van der Waals surface area contributed by atoms with Gasteiger partial charge < -0.3 is 19.7 Å². The fourth-order valence-corrected chi connectivity index (χ4v) is 3.10. The Bertz CT molecular complexity index is 1070. The van der Waals surface area contributed by atoms with Crippen molar-refractivity contribution in [3.63, 3.8) is 0 Å². The third-order valence-corrected chi connectivity index (χ3v) is 4.75. The highest BCUT2D eigenvalue weighted by Crippen LogP contribution is 2.33. The zero-order valence-corrected chi connectivity index (χ0v) is 15.0. The van der Waals surface area contributed by atoms with Crippen LogP contribution >= 0.6 is 0 Å². The Balaban J connectivity index is 1.37. The maximum Gasteiger partial charge on any atom is 0.270 e. The molecule has 0 saturated carbocycles. The van der Waals surface area contributed by atoms with Crippen molar-refractivity contribution >= 4 is 23.2 Å². The standard InChI is InChI=1S/C19H14N4O6/c20-7-12-5-14(23(26)27)2-3-15(12)21-18(24)13-8-22(9-13)19(25)11-1-4-16-17(6-11)29-10-28-16/h1-6,13H,8-10H2,(H,21,24). The monoisotopic (exact) mass is 394 g/mol. The summed E-state index contributed by atoms with van der Waals surface area (Å²) in [6.45, 7) is 0.578. The van der Waals surface area contributed by atoms with Crippen LogP contribution < -0.4 is 14.8 Å². The Morgan fingerprint density at radius 1 is 1.17 bits per heavy atom. The third-order valence-electron chi connectivity index (χ3n) is 4.75. The van der Waals surface area contributed by atoms with Crippen LogP contribution in [0.2, 0.25) is 0 Å². The van der Waals surface area contributed by atoms with Crippen molar-refractivity contribution in [3.8, 4) is 17.6 Å². The number of hydrogen-bond acceptors (Lipinski definition) is 7. The number of non-ortho nitro benzene ring substituents is 1. The number of rotatable bonds is 4. The summed E-state index contributed by atoms with van der Waals surface area (Å²) in [7, 11) is 0. The van der Waals surface area contributed by atoms with Gasteiger partial charge in [0.25, 0.3) is 11.6 Å². The molecule has 2 aliphatic heterocycles. The van der Waals surface area contributed by atoms with E-state index in [2.05, 4.69) is 5.32 Å². The van der Waals surface area contributed by atoms with E-state index < -0.39 is 10.8 Å². The summed E-state index contributed by atoms with van der Waals surface area (Å²) in [5.41, 5.74) is 0.405. The number of nitrogens with zero attached hydrogens (tertiary/aromatic N) is 3. The fraction of sp³-hybridized carbons (Fsp3) is 0.211. The van der Waals surface area contributed by atoms with Gasteiger partial charge in [-0.25, -0.2) is 0 Å². The average Bonchev–Trinajstić information content (AvgIpc) is 3.14. The Labute approximate surface area is 164 Å². The Kier molecular flexibility index (Phi) is 4.48. The van der Waals surface area contributed by atoms with Gasteiger partial charge in [-0.1, -0.05) is 0 Å².